The molecule has 0 bridgehead atoms. The van der Waals surface area contributed by atoms with Crippen molar-refractivity contribution >= 4 is 8.69 Å². The van der Waals surface area contributed by atoms with Gasteiger partial charge < -0.3 is 5.73 Å². The zero-order valence-corrected chi connectivity index (χ0v) is 6.05. The van der Waals surface area contributed by atoms with Crippen LogP contribution in [0, 0.1) is 0 Å². The number of hydrogen-bond acceptors (Lipinski definition) is 2. The first kappa shape index (κ1) is 10.9. The van der Waals surface area contributed by atoms with Crippen molar-refractivity contribution in [2.75, 3.05) is 6.54 Å². The molecular weight excluding hydrogens is 125 g/mol. The molecule has 8 heavy (non-hydrogen) atoms. The average Bonchev–Trinajstić information content (AvgIpc) is 1.71. The van der Waals surface area contributed by atoms with Gasteiger partial charge in [0.15, 0.2) is 0 Å². The molecule has 4 heteroatoms. The molecule has 3 nitrogen and oxygen atoms in total. The van der Waals surface area contributed by atoms with E-state index in [4.69, 9.17) is 15.2 Å². The molecule has 0 aromatic carbocycles. The summed E-state index contributed by atoms with van der Waals surface area (Å²) < 4.78 is 8.51. The molecule has 0 heterocycles. The van der Waals surface area contributed by atoms with Crippen molar-refractivity contribution in [3.05, 3.63) is 0 Å². The molecular formula is C4H13NO2P+. The molecule has 0 spiro atoms. The fourth-order valence-corrected chi connectivity index (χ4v) is 0.204. The third-order valence-corrected chi connectivity index (χ3v) is 0.558. The third kappa shape index (κ3) is 37.2. The van der Waals surface area contributed by atoms with Gasteiger partial charge >= 0.3 is 8.69 Å². The highest BCUT2D eigenvalue weighted by molar-refractivity contribution is 7.16. The maximum Gasteiger partial charge on any atom is 0.491 e. The van der Waals surface area contributed by atoms with E-state index in [2.05, 4.69) is 6.92 Å². The van der Waals surface area contributed by atoms with Gasteiger partial charge in [-0.2, -0.15) is 4.89 Å². The van der Waals surface area contributed by atoms with Crippen LogP contribution in [0.15, 0.2) is 0 Å². The van der Waals surface area contributed by atoms with Crippen LogP contribution in [0.3, 0.4) is 0 Å². The molecule has 50 valence electrons. The lowest BCUT2D eigenvalue weighted by atomic mass is 10.3. The van der Waals surface area contributed by atoms with Crippen molar-refractivity contribution in [1.29, 1.82) is 0 Å². The summed E-state index contributed by atoms with van der Waals surface area (Å²) in [7, 11) is -1.17. The van der Waals surface area contributed by atoms with Crippen molar-refractivity contribution in [3.63, 3.8) is 0 Å². The SMILES string of the molecule is CCCCN.O=[PH+]O. The van der Waals surface area contributed by atoms with Crippen LogP contribution in [0.1, 0.15) is 19.8 Å². The minimum atomic E-state index is -1.17. The van der Waals surface area contributed by atoms with E-state index >= 15 is 0 Å². The lowest BCUT2D eigenvalue weighted by Gasteiger charge is -1.80. The quantitative estimate of drug-likeness (QED) is 0.551. The van der Waals surface area contributed by atoms with Gasteiger partial charge in [-0.25, -0.2) is 0 Å². The normalized spacial score (nSPS) is 7.88. The van der Waals surface area contributed by atoms with Crippen LogP contribution >= 0.6 is 8.69 Å². The Morgan fingerprint density at radius 1 is 1.75 bits per heavy atom. The molecule has 0 saturated carbocycles. The average molecular weight is 138 g/mol. The Bertz CT molecular complexity index is 41.0. The van der Waals surface area contributed by atoms with Crippen LogP contribution in [-0.2, 0) is 4.57 Å². The molecule has 0 aromatic rings. The molecule has 0 aromatic heterocycles. The molecule has 0 aliphatic carbocycles. The highest BCUT2D eigenvalue weighted by Gasteiger charge is 1.67. The summed E-state index contributed by atoms with van der Waals surface area (Å²) in [4.78, 5) is 7.04. The highest BCUT2D eigenvalue weighted by Crippen LogP contribution is 1.77. The predicted octanol–water partition coefficient (Wildman–Crippen LogP) is 0.663. The summed E-state index contributed by atoms with van der Waals surface area (Å²) in [5.41, 5.74) is 5.14. The maximum absolute atomic E-state index is 8.51. The van der Waals surface area contributed by atoms with Crippen molar-refractivity contribution in [1.82, 2.24) is 0 Å². The minimum Gasteiger partial charge on any atom is -0.330 e. The topological polar surface area (TPSA) is 63.3 Å². The molecule has 0 rings (SSSR count). The second-order valence-electron chi connectivity index (χ2n) is 1.23. The minimum absolute atomic E-state index is 0.844. The first-order valence-electron chi connectivity index (χ1n) is 2.54. The Hall–Kier alpha value is 0.0200. The van der Waals surface area contributed by atoms with Gasteiger partial charge in [-0.3, -0.25) is 0 Å². The van der Waals surface area contributed by atoms with Crippen LogP contribution in [0.5, 0.6) is 0 Å². The number of hydrogen-bond donors (Lipinski definition) is 2. The molecule has 0 radical (unpaired) electrons. The first-order valence-corrected chi connectivity index (χ1v) is 3.40. The second kappa shape index (κ2) is 15.7. The highest BCUT2D eigenvalue weighted by atomic mass is 31.1. The number of nitrogens with two attached hydrogens (primary N) is 1. The standard InChI is InChI=1S/C4H11N.HO2P/c1-2-3-4-5;1-3-2/h2-5H2,1H3;3H/p+1. The molecule has 0 aliphatic rings. The van der Waals surface area contributed by atoms with Crippen molar-refractivity contribution < 1.29 is 9.46 Å². The van der Waals surface area contributed by atoms with Gasteiger partial charge in [-0.15, -0.1) is 0 Å². The van der Waals surface area contributed by atoms with Crippen LogP contribution in [0.4, 0.5) is 0 Å². The Labute approximate surface area is 51.2 Å². The maximum atomic E-state index is 8.51. The zero-order valence-electron chi connectivity index (χ0n) is 5.05. The summed E-state index contributed by atoms with van der Waals surface area (Å²) in [6, 6.07) is 0. The molecule has 0 saturated heterocycles. The number of unbranched alkanes of at least 4 members (excludes halogenated alkanes) is 1. The molecule has 1 atom stereocenters. The van der Waals surface area contributed by atoms with Crippen LogP contribution in [0.25, 0.3) is 0 Å². The zero-order chi connectivity index (χ0) is 6.83. The van der Waals surface area contributed by atoms with E-state index in [1.807, 2.05) is 0 Å². The first-order chi connectivity index (χ1) is 3.83. The van der Waals surface area contributed by atoms with Gasteiger partial charge in [0.2, 0.25) is 0 Å². The van der Waals surface area contributed by atoms with Crippen LogP contribution in [0.2, 0.25) is 0 Å². The smallest absolute Gasteiger partial charge is 0.330 e. The Kier molecular flexibility index (Phi) is 21.5. The Morgan fingerprint density at radius 2 is 2.12 bits per heavy atom. The largest absolute Gasteiger partial charge is 0.491 e. The van der Waals surface area contributed by atoms with E-state index in [9.17, 15) is 0 Å². The van der Waals surface area contributed by atoms with E-state index in [0.717, 1.165) is 6.54 Å². The molecule has 3 N–H and O–H groups in total. The Balaban J connectivity index is 0. The molecule has 0 fully saturated rings. The van der Waals surface area contributed by atoms with E-state index in [-0.39, 0.29) is 0 Å². The van der Waals surface area contributed by atoms with Gasteiger partial charge in [0.1, 0.15) is 0 Å². The van der Waals surface area contributed by atoms with Crippen molar-refractivity contribution in [2.45, 2.75) is 19.8 Å². The number of rotatable bonds is 2. The van der Waals surface area contributed by atoms with E-state index in [1.165, 1.54) is 12.8 Å². The molecule has 0 amide bonds. The van der Waals surface area contributed by atoms with E-state index < -0.39 is 8.69 Å². The summed E-state index contributed by atoms with van der Waals surface area (Å²) >= 11 is 0. The second-order valence-corrected chi connectivity index (χ2v) is 1.42. The monoisotopic (exact) mass is 138 g/mol. The van der Waals surface area contributed by atoms with Gasteiger partial charge in [0.25, 0.3) is 0 Å². The van der Waals surface area contributed by atoms with Gasteiger partial charge in [0, 0.05) is 0 Å². The molecule has 1 unspecified atom stereocenters. The predicted molar refractivity (Wildman–Crippen MR) is 35.2 cm³/mol. The summed E-state index contributed by atoms with van der Waals surface area (Å²) in [5, 5.41) is 0. The summed E-state index contributed by atoms with van der Waals surface area (Å²) in [5.74, 6) is 0. The lowest BCUT2D eigenvalue weighted by Crippen LogP contribution is -1.95. The van der Waals surface area contributed by atoms with Crippen molar-refractivity contribution in [2.24, 2.45) is 5.73 Å². The summed E-state index contributed by atoms with van der Waals surface area (Å²) in [6.07, 6.45) is 2.39. The third-order valence-electron chi connectivity index (χ3n) is 0.558. The molecule has 0 aliphatic heterocycles. The Morgan fingerprint density at radius 3 is 2.12 bits per heavy atom. The van der Waals surface area contributed by atoms with Crippen LogP contribution in [-0.4, -0.2) is 11.4 Å². The van der Waals surface area contributed by atoms with E-state index in [1.54, 1.807) is 0 Å². The van der Waals surface area contributed by atoms with Gasteiger partial charge in [-0.1, -0.05) is 13.3 Å². The van der Waals surface area contributed by atoms with Crippen LogP contribution < -0.4 is 5.73 Å². The fraction of sp³-hybridized carbons (Fsp3) is 1.00. The van der Waals surface area contributed by atoms with Crippen molar-refractivity contribution in [3.8, 4) is 0 Å². The van der Waals surface area contributed by atoms with Gasteiger partial charge in [-0.05, 0) is 17.5 Å². The van der Waals surface area contributed by atoms with Gasteiger partial charge in [0.05, 0.1) is 0 Å². The van der Waals surface area contributed by atoms with E-state index in [0.29, 0.717) is 0 Å². The summed E-state index contributed by atoms with van der Waals surface area (Å²) in [6.45, 7) is 2.98. The lowest BCUT2D eigenvalue weighted by molar-refractivity contribution is 0.524. The fourth-order valence-electron chi connectivity index (χ4n) is 0.204.